The molecule has 0 bridgehead atoms. The maximum atomic E-state index is 5.88. The molecule has 20 heavy (non-hydrogen) atoms. The second-order valence-electron chi connectivity index (χ2n) is 5.46. The number of methoxy groups -OCH3 is 1. The van der Waals surface area contributed by atoms with E-state index in [-0.39, 0.29) is 0 Å². The molecule has 1 aromatic carbocycles. The Bertz CT molecular complexity index is 460. The molecule has 5 heteroatoms. The lowest BCUT2D eigenvalue weighted by atomic mass is 10.2. The Morgan fingerprint density at radius 2 is 2.05 bits per heavy atom. The van der Waals surface area contributed by atoms with Gasteiger partial charge in [0, 0.05) is 44.0 Å². The molecule has 0 amide bonds. The summed E-state index contributed by atoms with van der Waals surface area (Å²) >= 11 is 0. The van der Waals surface area contributed by atoms with Gasteiger partial charge in [0.05, 0.1) is 26.0 Å². The number of rotatable bonds is 3. The fourth-order valence-corrected chi connectivity index (χ4v) is 3.11. The van der Waals surface area contributed by atoms with Gasteiger partial charge in [-0.1, -0.05) is 0 Å². The van der Waals surface area contributed by atoms with Gasteiger partial charge in [-0.15, -0.1) is 0 Å². The van der Waals surface area contributed by atoms with Crippen molar-refractivity contribution in [2.75, 3.05) is 57.1 Å². The molecular formula is C15H23N3O2. The van der Waals surface area contributed by atoms with Gasteiger partial charge in [0.2, 0.25) is 0 Å². The first-order valence-electron chi connectivity index (χ1n) is 7.28. The van der Waals surface area contributed by atoms with Crippen LogP contribution >= 0.6 is 0 Å². The third-order valence-electron chi connectivity index (χ3n) is 4.31. The van der Waals surface area contributed by atoms with Crippen LogP contribution in [0, 0.1) is 0 Å². The number of nitrogens with two attached hydrogens (primary N) is 1. The Balaban J connectivity index is 1.67. The van der Waals surface area contributed by atoms with Crippen LogP contribution in [0.4, 0.5) is 11.4 Å². The lowest BCUT2D eigenvalue weighted by Crippen LogP contribution is -2.44. The second kappa shape index (κ2) is 5.89. The number of morpholine rings is 1. The molecule has 2 aliphatic heterocycles. The average molecular weight is 277 g/mol. The molecule has 2 aliphatic rings. The lowest BCUT2D eigenvalue weighted by molar-refractivity contribution is 0.0209. The van der Waals surface area contributed by atoms with Crippen molar-refractivity contribution in [1.82, 2.24) is 4.90 Å². The van der Waals surface area contributed by atoms with Crippen molar-refractivity contribution in [2.24, 2.45) is 0 Å². The molecular weight excluding hydrogens is 254 g/mol. The fraction of sp³-hybridized carbons (Fsp3) is 0.600. The molecule has 2 heterocycles. The van der Waals surface area contributed by atoms with Crippen LogP contribution < -0.4 is 15.4 Å². The number of nitrogen functional groups attached to an aromatic ring is 1. The topological polar surface area (TPSA) is 51.0 Å². The molecule has 5 nitrogen and oxygen atoms in total. The molecule has 2 saturated heterocycles. The van der Waals surface area contributed by atoms with Crippen molar-refractivity contribution in [1.29, 1.82) is 0 Å². The van der Waals surface area contributed by atoms with Crippen LogP contribution in [0.2, 0.25) is 0 Å². The van der Waals surface area contributed by atoms with Crippen LogP contribution in [-0.4, -0.2) is 57.4 Å². The first-order chi connectivity index (χ1) is 9.78. The Morgan fingerprint density at radius 3 is 2.80 bits per heavy atom. The number of anilines is 2. The number of hydrogen-bond acceptors (Lipinski definition) is 5. The molecule has 3 rings (SSSR count). The van der Waals surface area contributed by atoms with Gasteiger partial charge in [-0.2, -0.15) is 0 Å². The van der Waals surface area contributed by atoms with Crippen molar-refractivity contribution in [2.45, 2.75) is 12.5 Å². The summed E-state index contributed by atoms with van der Waals surface area (Å²) in [5.74, 6) is 0.761. The zero-order valence-corrected chi connectivity index (χ0v) is 12.0. The second-order valence-corrected chi connectivity index (χ2v) is 5.46. The van der Waals surface area contributed by atoms with Crippen LogP contribution in [0.15, 0.2) is 18.2 Å². The zero-order valence-electron chi connectivity index (χ0n) is 12.0. The third-order valence-corrected chi connectivity index (χ3v) is 4.31. The van der Waals surface area contributed by atoms with E-state index in [4.69, 9.17) is 15.2 Å². The Morgan fingerprint density at radius 1 is 1.25 bits per heavy atom. The molecule has 0 aliphatic carbocycles. The summed E-state index contributed by atoms with van der Waals surface area (Å²) < 4.78 is 10.7. The summed E-state index contributed by atoms with van der Waals surface area (Å²) in [6, 6.07) is 6.69. The molecule has 1 atom stereocenters. The SMILES string of the molecule is COc1cc(N2CCC(N3CCOCC3)C2)ccc1N. The normalized spacial score (nSPS) is 24.1. The van der Waals surface area contributed by atoms with Gasteiger partial charge in [-0.25, -0.2) is 0 Å². The van der Waals surface area contributed by atoms with Crippen molar-refractivity contribution in [3.63, 3.8) is 0 Å². The van der Waals surface area contributed by atoms with Crippen LogP contribution in [0.5, 0.6) is 5.75 Å². The first kappa shape index (κ1) is 13.5. The first-order valence-corrected chi connectivity index (χ1v) is 7.28. The van der Waals surface area contributed by atoms with Crippen LogP contribution in [-0.2, 0) is 4.74 Å². The van der Waals surface area contributed by atoms with Gasteiger partial charge in [-0.05, 0) is 18.6 Å². The third kappa shape index (κ3) is 2.69. The quantitative estimate of drug-likeness (QED) is 0.841. The maximum Gasteiger partial charge on any atom is 0.143 e. The Hall–Kier alpha value is -1.46. The zero-order chi connectivity index (χ0) is 13.9. The minimum Gasteiger partial charge on any atom is -0.495 e. The van der Waals surface area contributed by atoms with Gasteiger partial charge in [0.15, 0.2) is 0 Å². The minimum atomic E-state index is 0.641. The molecule has 0 spiro atoms. The molecule has 0 aromatic heterocycles. The molecule has 0 saturated carbocycles. The standard InChI is InChI=1S/C15H23N3O2/c1-19-15-10-12(2-3-14(15)16)18-5-4-13(11-18)17-6-8-20-9-7-17/h2-3,10,13H,4-9,11,16H2,1H3. The fourth-order valence-electron chi connectivity index (χ4n) is 3.11. The summed E-state index contributed by atoms with van der Waals surface area (Å²) in [6.07, 6.45) is 1.21. The molecule has 0 radical (unpaired) electrons. The van der Waals surface area contributed by atoms with E-state index in [0.717, 1.165) is 45.1 Å². The summed E-state index contributed by atoms with van der Waals surface area (Å²) in [7, 11) is 1.66. The summed E-state index contributed by atoms with van der Waals surface area (Å²) in [4.78, 5) is 4.97. The van der Waals surface area contributed by atoms with Crippen LogP contribution in [0.25, 0.3) is 0 Å². The summed E-state index contributed by atoms with van der Waals surface area (Å²) in [5.41, 5.74) is 7.77. The van der Waals surface area contributed by atoms with Crippen molar-refractivity contribution < 1.29 is 9.47 Å². The highest BCUT2D eigenvalue weighted by molar-refractivity contribution is 5.62. The van der Waals surface area contributed by atoms with Gasteiger partial charge in [-0.3, -0.25) is 4.90 Å². The smallest absolute Gasteiger partial charge is 0.143 e. The number of ether oxygens (including phenoxy) is 2. The summed E-state index contributed by atoms with van der Waals surface area (Å²) in [5, 5.41) is 0. The van der Waals surface area contributed by atoms with Gasteiger partial charge < -0.3 is 20.1 Å². The Kier molecular flexibility index (Phi) is 3.98. The van der Waals surface area contributed by atoms with Crippen LogP contribution in [0.1, 0.15) is 6.42 Å². The van der Waals surface area contributed by atoms with Crippen molar-refractivity contribution >= 4 is 11.4 Å². The largest absolute Gasteiger partial charge is 0.495 e. The Labute approximate surface area is 120 Å². The van der Waals surface area contributed by atoms with Crippen molar-refractivity contribution in [3.8, 4) is 5.75 Å². The highest BCUT2D eigenvalue weighted by Crippen LogP contribution is 2.30. The number of benzene rings is 1. The van der Waals surface area contributed by atoms with E-state index in [2.05, 4.69) is 15.9 Å². The van der Waals surface area contributed by atoms with E-state index in [9.17, 15) is 0 Å². The van der Waals surface area contributed by atoms with E-state index in [1.54, 1.807) is 7.11 Å². The van der Waals surface area contributed by atoms with E-state index in [0.29, 0.717) is 11.7 Å². The minimum absolute atomic E-state index is 0.641. The van der Waals surface area contributed by atoms with Gasteiger partial charge >= 0.3 is 0 Å². The monoisotopic (exact) mass is 277 g/mol. The van der Waals surface area contributed by atoms with Gasteiger partial charge in [0.25, 0.3) is 0 Å². The summed E-state index contributed by atoms with van der Waals surface area (Å²) in [6.45, 7) is 6.02. The van der Waals surface area contributed by atoms with E-state index in [1.165, 1.54) is 12.1 Å². The van der Waals surface area contributed by atoms with E-state index in [1.807, 2.05) is 12.1 Å². The van der Waals surface area contributed by atoms with E-state index < -0.39 is 0 Å². The predicted octanol–water partition coefficient (Wildman–Crippen LogP) is 1.19. The van der Waals surface area contributed by atoms with Crippen LogP contribution in [0.3, 0.4) is 0 Å². The maximum absolute atomic E-state index is 5.88. The molecule has 1 aromatic rings. The number of hydrogen-bond donors (Lipinski definition) is 1. The molecule has 110 valence electrons. The highest BCUT2D eigenvalue weighted by atomic mass is 16.5. The molecule has 1 unspecified atom stereocenters. The predicted molar refractivity (Wildman–Crippen MR) is 80.4 cm³/mol. The van der Waals surface area contributed by atoms with Crippen molar-refractivity contribution in [3.05, 3.63) is 18.2 Å². The van der Waals surface area contributed by atoms with E-state index >= 15 is 0 Å². The molecule has 2 N–H and O–H groups in total. The molecule has 2 fully saturated rings. The lowest BCUT2D eigenvalue weighted by Gasteiger charge is -2.32. The number of nitrogens with zero attached hydrogens (tertiary/aromatic N) is 2. The highest BCUT2D eigenvalue weighted by Gasteiger charge is 2.29. The average Bonchev–Trinajstić information content (AvgIpc) is 2.98. The van der Waals surface area contributed by atoms with Gasteiger partial charge in [0.1, 0.15) is 5.75 Å².